The molecule has 3 rings (SSSR count). The second-order valence-corrected chi connectivity index (χ2v) is 5.50. The molecule has 118 valence electrons. The maximum Gasteiger partial charge on any atom is 0.343 e. The average molecular weight is 334 g/mol. The molecule has 1 amide bonds. The van der Waals surface area contributed by atoms with E-state index in [0.717, 1.165) is 23.7 Å². The van der Waals surface area contributed by atoms with E-state index in [-0.39, 0.29) is 16.5 Å². The fraction of sp³-hybridized carbons (Fsp3) is 0.176. The van der Waals surface area contributed by atoms with E-state index in [2.05, 4.69) is 0 Å². The molecule has 2 aromatic rings. The van der Waals surface area contributed by atoms with Gasteiger partial charge in [-0.15, -0.1) is 0 Å². The highest BCUT2D eigenvalue weighted by molar-refractivity contribution is 6.33. The van der Waals surface area contributed by atoms with Crippen LogP contribution in [-0.2, 0) is 16.0 Å². The highest BCUT2D eigenvalue weighted by atomic mass is 35.5. The van der Waals surface area contributed by atoms with Crippen molar-refractivity contribution in [3.8, 4) is 0 Å². The molecule has 0 N–H and O–H groups in total. The molecule has 0 aromatic heterocycles. The molecule has 6 heteroatoms. The first kappa shape index (κ1) is 15.5. The molecule has 1 heterocycles. The number of benzene rings is 2. The molecule has 0 radical (unpaired) electrons. The van der Waals surface area contributed by atoms with Gasteiger partial charge < -0.3 is 9.64 Å². The normalized spacial score (nSPS) is 12.9. The van der Waals surface area contributed by atoms with Crippen LogP contribution in [0.2, 0.25) is 5.02 Å². The summed E-state index contributed by atoms with van der Waals surface area (Å²) >= 11 is 5.80. The number of hydrogen-bond donors (Lipinski definition) is 0. The van der Waals surface area contributed by atoms with E-state index < -0.39 is 18.4 Å². The van der Waals surface area contributed by atoms with Crippen molar-refractivity contribution in [3.63, 3.8) is 0 Å². The first-order valence-electron chi connectivity index (χ1n) is 7.07. The van der Waals surface area contributed by atoms with Crippen molar-refractivity contribution < 1.29 is 18.7 Å². The average Bonchev–Trinajstić information content (AvgIpc) is 2.96. The first-order valence-corrected chi connectivity index (χ1v) is 7.45. The van der Waals surface area contributed by atoms with Crippen molar-refractivity contribution in [2.45, 2.75) is 6.42 Å². The molecule has 0 saturated heterocycles. The summed E-state index contributed by atoms with van der Waals surface area (Å²) in [5.41, 5.74) is 1.53. The van der Waals surface area contributed by atoms with Gasteiger partial charge in [0.05, 0.1) is 5.02 Å². The molecule has 1 aliphatic rings. The zero-order valence-electron chi connectivity index (χ0n) is 12.1. The Balaban J connectivity index is 1.67. The van der Waals surface area contributed by atoms with E-state index >= 15 is 0 Å². The molecule has 0 fully saturated rings. The molecule has 1 aliphatic heterocycles. The number of para-hydroxylation sites is 1. The molecule has 2 aromatic carbocycles. The molecule has 0 bridgehead atoms. The summed E-state index contributed by atoms with van der Waals surface area (Å²) in [6, 6.07) is 11.4. The van der Waals surface area contributed by atoms with Crippen LogP contribution in [-0.4, -0.2) is 25.0 Å². The number of rotatable bonds is 3. The molecular formula is C17H13ClFNO3. The molecule has 0 atom stereocenters. The van der Waals surface area contributed by atoms with Gasteiger partial charge >= 0.3 is 5.97 Å². The Labute approximate surface area is 137 Å². The lowest BCUT2D eigenvalue weighted by molar-refractivity contribution is -0.121. The predicted molar refractivity (Wildman–Crippen MR) is 84.2 cm³/mol. The molecular weight excluding hydrogens is 321 g/mol. The van der Waals surface area contributed by atoms with Crippen molar-refractivity contribution in [2.75, 3.05) is 18.1 Å². The van der Waals surface area contributed by atoms with Gasteiger partial charge in [-0.3, -0.25) is 4.79 Å². The van der Waals surface area contributed by atoms with E-state index in [0.29, 0.717) is 6.54 Å². The fourth-order valence-corrected chi connectivity index (χ4v) is 2.81. The zero-order chi connectivity index (χ0) is 16.4. The second-order valence-electron chi connectivity index (χ2n) is 5.10. The lowest BCUT2D eigenvalue weighted by atomic mass is 10.2. The number of anilines is 1. The number of halogens is 2. The number of nitrogens with zero attached hydrogens (tertiary/aromatic N) is 1. The monoisotopic (exact) mass is 333 g/mol. The van der Waals surface area contributed by atoms with Gasteiger partial charge in [-0.1, -0.05) is 35.9 Å². The van der Waals surface area contributed by atoms with E-state index in [4.69, 9.17) is 16.3 Å². The van der Waals surface area contributed by atoms with E-state index in [9.17, 15) is 14.0 Å². The van der Waals surface area contributed by atoms with Crippen LogP contribution in [0.1, 0.15) is 15.9 Å². The van der Waals surface area contributed by atoms with Crippen LogP contribution in [0.3, 0.4) is 0 Å². The maximum atomic E-state index is 13.6. The highest BCUT2D eigenvalue weighted by Crippen LogP contribution is 2.27. The summed E-state index contributed by atoms with van der Waals surface area (Å²) in [7, 11) is 0. The molecule has 0 aliphatic carbocycles. The van der Waals surface area contributed by atoms with Gasteiger partial charge in [-0.2, -0.15) is 0 Å². The number of amides is 1. The summed E-state index contributed by atoms with van der Waals surface area (Å²) in [5.74, 6) is -2.08. The standard InChI is InChI=1S/C17H13ClFNO3/c18-12-5-3-6-13(19)16(12)17(22)23-10-15(21)20-9-8-11-4-1-2-7-14(11)20/h1-7H,8-10H2. The van der Waals surface area contributed by atoms with Crippen molar-refractivity contribution in [2.24, 2.45) is 0 Å². The van der Waals surface area contributed by atoms with Crippen LogP contribution < -0.4 is 4.90 Å². The minimum Gasteiger partial charge on any atom is -0.452 e. The molecule has 23 heavy (non-hydrogen) atoms. The van der Waals surface area contributed by atoms with Gasteiger partial charge in [0.15, 0.2) is 6.61 Å². The van der Waals surface area contributed by atoms with Crippen LogP contribution in [0.25, 0.3) is 0 Å². The van der Waals surface area contributed by atoms with Crippen molar-refractivity contribution in [3.05, 3.63) is 64.4 Å². The Bertz CT molecular complexity index is 758. The zero-order valence-corrected chi connectivity index (χ0v) is 12.8. The Morgan fingerprint density at radius 1 is 1.17 bits per heavy atom. The lowest BCUT2D eigenvalue weighted by Gasteiger charge is -2.17. The topological polar surface area (TPSA) is 46.6 Å². The van der Waals surface area contributed by atoms with Gasteiger partial charge in [-0.05, 0) is 30.2 Å². The largest absolute Gasteiger partial charge is 0.452 e. The minimum atomic E-state index is -0.950. The predicted octanol–water partition coefficient (Wildman–Crippen LogP) is 3.23. The third-order valence-corrected chi connectivity index (χ3v) is 4.00. The van der Waals surface area contributed by atoms with Crippen LogP contribution in [0.15, 0.2) is 42.5 Å². The molecule has 4 nitrogen and oxygen atoms in total. The van der Waals surface area contributed by atoms with Crippen LogP contribution >= 0.6 is 11.6 Å². The van der Waals surface area contributed by atoms with Crippen molar-refractivity contribution in [1.29, 1.82) is 0 Å². The Hall–Kier alpha value is -2.40. The number of carbonyl (C=O) groups is 2. The van der Waals surface area contributed by atoms with Crippen LogP contribution in [0.5, 0.6) is 0 Å². The SMILES string of the molecule is O=C(OCC(=O)N1CCc2ccccc21)c1c(F)cccc1Cl. The molecule has 0 unspecified atom stereocenters. The summed E-state index contributed by atoms with van der Waals surface area (Å²) in [4.78, 5) is 25.7. The lowest BCUT2D eigenvalue weighted by Crippen LogP contribution is -2.33. The number of carbonyl (C=O) groups excluding carboxylic acids is 2. The van der Waals surface area contributed by atoms with Crippen molar-refractivity contribution in [1.82, 2.24) is 0 Å². The Morgan fingerprint density at radius 3 is 2.74 bits per heavy atom. The number of ether oxygens (including phenoxy) is 1. The minimum absolute atomic E-state index is 0.0473. The number of esters is 1. The molecule has 0 spiro atoms. The van der Waals surface area contributed by atoms with Crippen LogP contribution in [0, 0.1) is 5.82 Å². The Morgan fingerprint density at radius 2 is 1.96 bits per heavy atom. The Kier molecular flexibility index (Phi) is 4.30. The van der Waals surface area contributed by atoms with E-state index in [1.165, 1.54) is 12.1 Å². The summed E-state index contributed by atoms with van der Waals surface area (Å²) in [6.07, 6.45) is 0.759. The third kappa shape index (κ3) is 3.05. The van der Waals surface area contributed by atoms with Gasteiger partial charge in [0.25, 0.3) is 5.91 Å². The first-order chi connectivity index (χ1) is 11.1. The highest BCUT2D eigenvalue weighted by Gasteiger charge is 2.26. The quantitative estimate of drug-likeness (QED) is 0.810. The van der Waals surface area contributed by atoms with Crippen molar-refractivity contribution >= 4 is 29.2 Å². The van der Waals surface area contributed by atoms with E-state index in [1.807, 2.05) is 24.3 Å². The molecule has 0 saturated carbocycles. The maximum absolute atomic E-state index is 13.6. The van der Waals surface area contributed by atoms with Crippen LogP contribution in [0.4, 0.5) is 10.1 Å². The third-order valence-electron chi connectivity index (χ3n) is 3.68. The van der Waals surface area contributed by atoms with E-state index in [1.54, 1.807) is 4.90 Å². The smallest absolute Gasteiger partial charge is 0.343 e. The summed E-state index contributed by atoms with van der Waals surface area (Å²) < 4.78 is 18.6. The van der Waals surface area contributed by atoms with Gasteiger partial charge in [0, 0.05) is 12.2 Å². The number of fused-ring (bicyclic) bond motifs is 1. The van der Waals surface area contributed by atoms with Gasteiger partial charge in [0.2, 0.25) is 0 Å². The second kappa shape index (κ2) is 6.38. The van der Waals surface area contributed by atoms with Gasteiger partial charge in [-0.25, -0.2) is 9.18 Å². The summed E-state index contributed by atoms with van der Waals surface area (Å²) in [5, 5.41) is -0.0473. The fourth-order valence-electron chi connectivity index (χ4n) is 2.57. The van der Waals surface area contributed by atoms with Gasteiger partial charge in [0.1, 0.15) is 11.4 Å². The summed E-state index contributed by atoms with van der Waals surface area (Å²) in [6.45, 7) is 0.0774. The number of hydrogen-bond acceptors (Lipinski definition) is 3.